The van der Waals surface area contributed by atoms with Crippen LogP contribution in [0.3, 0.4) is 0 Å². The van der Waals surface area contributed by atoms with E-state index in [-0.39, 0.29) is 6.09 Å². The van der Waals surface area contributed by atoms with Crippen LogP contribution in [-0.4, -0.2) is 40.0 Å². The Balaban J connectivity index is 1.16. The van der Waals surface area contributed by atoms with Crippen LogP contribution < -0.4 is 10.2 Å². The molecule has 1 aromatic carbocycles. The van der Waals surface area contributed by atoms with Gasteiger partial charge in [0.15, 0.2) is 5.82 Å². The van der Waals surface area contributed by atoms with E-state index in [1.165, 1.54) is 5.56 Å². The number of anilines is 2. The highest BCUT2D eigenvalue weighted by molar-refractivity contribution is 5.89. The molecule has 0 atom stereocenters. The molecule has 1 aliphatic carbocycles. The van der Waals surface area contributed by atoms with E-state index in [4.69, 9.17) is 4.74 Å². The minimum absolute atomic E-state index is 0.320. The molecule has 1 amide bonds. The topological polar surface area (TPSA) is 80.2 Å². The van der Waals surface area contributed by atoms with Crippen LogP contribution in [0.4, 0.5) is 16.4 Å². The van der Waals surface area contributed by atoms with Crippen LogP contribution in [0, 0.1) is 5.92 Å². The Morgan fingerprint density at radius 3 is 2.65 bits per heavy atom. The van der Waals surface area contributed by atoms with Crippen LogP contribution in [0.15, 0.2) is 67.0 Å². The minimum Gasteiger partial charge on any atom is -0.441 e. The molecule has 2 fully saturated rings. The van der Waals surface area contributed by atoms with E-state index < -0.39 is 5.60 Å². The Kier molecular flexibility index (Phi) is 5.24. The van der Waals surface area contributed by atoms with E-state index in [1.54, 1.807) is 23.2 Å². The first kappa shape index (κ1) is 19.5. The fourth-order valence-electron chi connectivity index (χ4n) is 4.49. The van der Waals surface area contributed by atoms with Gasteiger partial charge in [-0.25, -0.2) is 9.78 Å². The Bertz CT molecular complexity index is 1040. The van der Waals surface area contributed by atoms with Gasteiger partial charge in [0.2, 0.25) is 0 Å². The van der Waals surface area contributed by atoms with E-state index in [0.717, 1.165) is 43.6 Å². The molecule has 1 aliphatic heterocycles. The van der Waals surface area contributed by atoms with Gasteiger partial charge in [-0.05, 0) is 67.0 Å². The number of aromatic nitrogens is 3. The minimum atomic E-state index is -0.406. The lowest BCUT2D eigenvalue weighted by Gasteiger charge is -2.35. The number of carbonyl (C=O) groups excluding carboxylic acids is 1. The first-order valence-electron chi connectivity index (χ1n) is 10.7. The molecule has 158 valence electrons. The molecule has 0 unspecified atom stereocenters. The van der Waals surface area contributed by atoms with Crippen LogP contribution >= 0.6 is 0 Å². The zero-order chi connectivity index (χ0) is 21.1. The van der Waals surface area contributed by atoms with Crippen LogP contribution in [0.5, 0.6) is 0 Å². The molecule has 5 rings (SSSR count). The molecule has 0 radical (unpaired) electrons. The second kappa shape index (κ2) is 8.34. The van der Waals surface area contributed by atoms with Crippen molar-refractivity contribution >= 4 is 17.7 Å². The fourth-order valence-corrected chi connectivity index (χ4v) is 4.49. The van der Waals surface area contributed by atoms with Gasteiger partial charge in [-0.3, -0.25) is 4.90 Å². The van der Waals surface area contributed by atoms with Gasteiger partial charge in [0, 0.05) is 18.9 Å². The van der Waals surface area contributed by atoms with Gasteiger partial charge in [0.1, 0.15) is 11.4 Å². The quantitative estimate of drug-likeness (QED) is 0.659. The third-order valence-electron chi connectivity index (χ3n) is 6.26. The molecule has 1 saturated carbocycles. The SMILES string of the molecule is O=C1O[C@]2(CC[C@H](CNc3cc(-c4ccccc4)ccn3)CC2)CN1c1cccnn1. The average Bonchev–Trinajstić information content (AvgIpc) is 3.16. The third-order valence-corrected chi connectivity index (χ3v) is 6.26. The molecule has 0 bridgehead atoms. The zero-order valence-corrected chi connectivity index (χ0v) is 17.3. The monoisotopic (exact) mass is 415 g/mol. The molecule has 2 aliphatic rings. The second-order valence-electron chi connectivity index (χ2n) is 8.34. The van der Waals surface area contributed by atoms with E-state index in [9.17, 15) is 4.79 Å². The molecule has 1 saturated heterocycles. The van der Waals surface area contributed by atoms with E-state index in [0.29, 0.717) is 18.3 Å². The van der Waals surface area contributed by atoms with Gasteiger partial charge in [0.05, 0.1) is 6.54 Å². The summed E-state index contributed by atoms with van der Waals surface area (Å²) in [6.07, 6.45) is 6.86. The molecular weight excluding hydrogens is 390 g/mol. The summed E-state index contributed by atoms with van der Waals surface area (Å²) in [7, 11) is 0. The van der Waals surface area contributed by atoms with Crippen LogP contribution in [0.25, 0.3) is 11.1 Å². The highest BCUT2D eigenvalue weighted by Crippen LogP contribution is 2.40. The van der Waals surface area contributed by atoms with E-state index in [2.05, 4.69) is 38.7 Å². The van der Waals surface area contributed by atoms with Crippen molar-refractivity contribution in [3.8, 4) is 11.1 Å². The maximum atomic E-state index is 12.4. The molecule has 7 nitrogen and oxygen atoms in total. The summed E-state index contributed by atoms with van der Waals surface area (Å²) in [5.41, 5.74) is 1.93. The van der Waals surface area contributed by atoms with Gasteiger partial charge in [-0.15, -0.1) is 5.10 Å². The molecule has 3 heterocycles. The number of nitrogens with one attached hydrogen (secondary N) is 1. The molecule has 31 heavy (non-hydrogen) atoms. The number of carbonyl (C=O) groups is 1. The molecule has 7 heteroatoms. The van der Waals surface area contributed by atoms with Gasteiger partial charge in [-0.2, -0.15) is 5.10 Å². The Morgan fingerprint density at radius 2 is 1.87 bits per heavy atom. The summed E-state index contributed by atoms with van der Waals surface area (Å²) in [5.74, 6) is 1.97. The van der Waals surface area contributed by atoms with E-state index >= 15 is 0 Å². The zero-order valence-electron chi connectivity index (χ0n) is 17.3. The number of hydrogen-bond donors (Lipinski definition) is 1. The maximum absolute atomic E-state index is 12.4. The molecular formula is C24H25N5O2. The number of benzene rings is 1. The number of ether oxygens (including phenoxy) is 1. The van der Waals surface area contributed by atoms with Crippen molar-refractivity contribution in [1.82, 2.24) is 15.2 Å². The van der Waals surface area contributed by atoms with Crippen LogP contribution in [-0.2, 0) is 4.74 Å². The van der Waals surface area contributed by atoms with Crippen molar-refractivity contribution < 1.29 is 9.53 Å². The summed E-state index contributed by atoms with van der Waals surface area (Å²) in [6.45, 7) is 1.41. The van der Waals surface area contributed by atoms with Crippen LogP contribution in [0.1, 0.15) is 25.7 Å². The number of nitrogens with zero attached hydrogens (tertiary/aromatic N) is 4. The maximum Gasteiger partial charge on any atom is 0.416 e. The summed E-state index contributed by atoms with van der Waals surface area (Å²) >= 11 is 0. The lowest BCUT2D eigenvalue weighted by Crippen LogP contribution is -2.39. The highest BCUT2D eigenvalue weighted by atomic mass is 16.6. The van der Waals surface area contributed by atoms with E-state index in [1.807, 2.05) is 30.5 Å². The van der Waals surface area contributed by atoms with Crippen molar-refractivity contribution in [2.75, 3.05) is 23.3 Å². The number of pyridine rings is 1. The first-order valence-corrected chi connectivity index (χ1v) is 10.7. The lowest BCUT2D eigenvalue weighted by atomic mass is 9.78. The van der Waals surface area contributed by atoms with Crippen molar-refractivity contribution in [3.05, 3.63) is 67.0 Å². The first-order chi connectivity index (χ1) is 15.2. The normalized spacial score (nSPS) is 23.0. The Morgan fingerprint density at radius 1 is 1.03 bits per heavy atom. The van der Waals surface area contributed by atoms with Crippen molar-refractivity contribution in [1.29, 1.82) is 0 Å². The summed E-state index contributed by atoms with van der Waals surface area (Å²) in [6, 6.07) is 18.0. The fraction of sp³-hybridized carbons (Fsp3) is 0.333. The smallest absolute Gasteiger partial charge is 0.416 e. The number of hydrogen-bond acceptors (Lipinski definition) is 6. The highest BCUT2D eigenvalue weighted by Gasteiger charge is 2.48. The predicted octanol–water partition coefficient (Wildman–Crippen LogP) is 4.54. The molecule has 1 N–H and O–H groups in total. The van der Waals surface area contributed by atoms with Gasteiger partial charge >= 0.3 is 6.09 Å². The molecule has 1 spiro atoms. The van der Waals surface area contributed by atoms with Gasteiger partial charge in [0.25, 0.3) is 0 Å². The van der Waals surface area contributed by atoms with Crippen molar-refractivity contribution in [2.45, 2.75) is 31.3 Å². The largest absolute Gasteiger partial charge is 0.441 e. The molecule has 3 aromatic rings. The van der Waals surface area contributed by atoms with Gasteiger partial charge in [-0.1, -0.05) is 30.3 Å². The standard InChI is InChI=1S/C24H25N5O2/c30-23-29(22-7-4-13-27-28-22)17-24(31-23)11-8-18(9-12-24)16-26-21-15-20(10-14-25-21)19-5-2-1-3-6-19/h1-7,10,13-15,18H,8-9,11-12,16-17H2,(H,25,26)/t18-,24-. The average molecular weight is 415 g/mol. The Labute approximate surface area is 181 Å². The van der Waals surface area contributed by atoms with Crippen molar-refractivity contribution in [3.63, 3.8) is 0 Å². The predicted molar refractivity (Wildman–Crippen MR) is 119 cm³/mol. The summed E-state index contributed by atoms with van der Waals surface area (Å²) in [4.78, 5) is 18.5. The number of rotatable bonds is 5. The number of amides is 1. The van der Waals surface area contributed by atoms with Gasteiger partial charge < -0.3 is 10.1 Å². The summed E-state index contributed by atoms with van der Waals surface area (Å²) < 4.78 is 5.82. The van der Waals surface area contributed by atoms with Crippen LogP contribution in [0.2, 0.25) is 0 Å². The third kappa shape index (κ3) is 4.21. The second-order valence-corrected chi connectivity index (χ2v) is 8.34. The lowest BCUT2D eigenvalue weighted by molar-refractivity contribution is 0.0148. The van der Waals surface area contributed by atoms with Crippen molar-refractivity contribution in [2.24, 2.45) is 5.92 Å². The molecule has 2 aromatic heterocycles. The Hall–Kier alpha value is -3.48. The summed E-state index contributed by atoms with van der Waals surface area (Å²) in [5, 5.41) is 11.4.